The summed E-state index contributed by atoms with van der Waals surface area (Å²) in [6.07, 6.45) is -22.8. The molecule has 17 heteroatoms. The summed E-state index contributed by atoms with van der Waals surface area (Å²) >= 11 is 0. The number of hydrogen-bond acceptors (Lipinski definition) is 16. The van der Waals surface area contributed by atoms with Gasteiger partial charge in [0.15, 0.2) is 18.9 Å². The summed E-state index contributed by atoms with van der Waals surface area (Å²) in [5, 5.41) is 103. The van der Waals surface area contributed by atoms with E-state index in [4.69, 9.17) is 23.7 Å². The molecule has 0 bridgehead atoms. The second-order valence-corrected chi connectivity index (χ2v) is 9.11. The Hall–Kier alpha value is -1.13. The van der Waals surface area contributed by atoms with Crippen molar-refractivity contribution in [2.45, 2.75) is 99.0 Å². The molecule has 3 aliphatic heterocycles. The predicted octanol–water partition coefficient (Wildman–Crippen LogP) is -7.43. The fourth-order valence-corrected chi connectivity index (χ4v) is 4.36. The van der Waals surface area contributed by atoms with Gasteiger partial charge in [-0.15, -0.1) is 0 Å². The average molecular weight is 545 g/mol. The van der Waals surface area contributed by atoms with Crippen LogP contribution in [0.5, 0.6) is 0 Å². The summed E-state index contributed by atoms with van der Waals surface area (Å²) in [6.45, 7) is -0.961. The van der Waals surface area contributed by atoms with Crippen molar-refractivity contribution in [2.75, 3.05) is 19.8 Å². The predicted molar refractivity (Wildman–Crippen MR) is 113 cm³/mol. The first kappa shape index (κ1) is 30.4. The number of amides is 1. The van der Waals surface area contributed by atoms with E-state index in [-0.39, 0.29) is 0 Å². The third kappa shape index (κ3) is 6.55. The van der Waals surface area contributed by atoms with Crippen LogP contribution in [0.25, 0.3) is 0 Å². The highest BCUT2D eigenvalue weighted by Crippen LogP contribution is 2.30. The minimum Gasteiger partial charge on any atom is -0.394 e. The lowest BCUT2D eigenvalue weighted by Crippen LogP contribution is -2.65. The van der Waals surface area contributed by atoms with Crippen LogP contribution in [-0.4, -0.2) is 169 Å². The van der Waals surface area contributed by atoms with E-state index in [2.05, 4.69) is 5.32 Å². The van der Waals surface area contributed by atoms with Gasteiger partial charge in [-0.3, -0.25) is 4.79 Å². The lowest BCUT2D eigenvalue weighted by atomic mass is 9.96. The van der Waals surface area contributed by atoms with E-state index in [1.165, 1.54) is 0 Å². The van der Waals surface area contributed by atoms with Gasteiger partial charge in [-0.05, 0) is 0 Å². The molecule has 0 aromatic rings. The summed E-state index contributed by atoms with van der Waals surface area (Å²) in [5.41, 5.74) is 0. The van der Waals surface area contributed by atoms with Crippen molar-refractivity contribution in [3.8, 4) is 0 Å². The molecule has 0 unspecified atom stereocenters. The number of rotatable bonds is 8. The minimum absolute atomic E-state index is 0.576. The van der Waals surface area contributed by atoms with Gasteiger partial charge >= 0.3 is 0 Å². The van der Waals surface area contributed by atoms with Crippen LogP contribution in [0.4, 0.5) is 0 Å². The highest BCUT2D eigenvalue weighted by molar-refractivity contribution is 5.73. The van der Waals surface area contributed by atoms with Gasteiger partial charge in [-0.2, -0.15) is 0 Å². The first-order chi connectivity index (χ1) is 17.4. The van der Waals surface area contributed by atoms with Crippen LogP contribution in [-0.2, 0) is 28.5 Å². The molecule has 3 fully saturated rings. The molecule has 3 aliphatic rings. The van der Waals surface area contributed by atoms with Gasteiger partial charge in [0.05, 0.1) is 19.8 Å². The quantitative estimate of drug-likeness (QED) is 0.135. The maximum Gasteiger partial charge on any atom is 0.217 e. The van der Waals surface area contributed by atoms with E-state index in [1.807, 2.05) is 0 Å². The third-order valence-corrected chi connectivity index (χ3v) is 6.48. The Morgan fingerprint density at radius 3 is 1.86 bits per heavy atom. The lowest BCUT2D eigenvalue weighted by Gasteiger charge is -2.46. The molecule has 0 aliphatic carbocycles. The molecule has 0 radical (unpaired) electrons. The zero-order valence-corrected chi connectivity index (χ0v) is 19.7. The average Bonchev–Trinajstić information content (AvgIpc) is 2.86. The smallest absolute Gasteiger partial charge is 0.217 e. The van der Waals surface area contributed by atoms with Crippen molar-refractivity contribution in [1.82, 2.24) is 5.32 Å². The van der Waals surface area contributed by atoms with Crippen LogP contribution in [0.15, 0.2) is 0 Å². The normalized spacial score (nSPS) is 49.0. The number of nitrogens with one attached hydrogen (secondary N) is 1. The standard InChI is InChI=1S/C20H35NO16/c1-5(24)21-9-12(27)11(26)8(34-18(9)32)4-33-19-16(31)14(29)17(7(3-23)36-19)37-20-15(30)13(28)10(25)6(2-22)35-20/h6-20,22-23,25-32H,2-4H2,1H3,(H,21,24)/t6-,7-,8-,9-,10+,11+,12-,13+,14-,15-,16-,17-,18+,19-,20+/m1/s1. The van der Waals surface area contributed by atoms with Crippen LogP contribution >= 0.6 is 0 Å². The summed E-state index contributed by atoms with van der Waals surface area (Å²) in [5.74, 6) is -0.586. The molecule has 1 amide bonds. The topological polar surface area (TPSA) is 278 Å². The fraction of sp³-hybridized carbons (Fsp3) is 0.950. The summed E-state index contributed by atoms with van der Waals surface area (Å²) in [7, 11) is 0. The molecule has 0 aromatic carbocycles. The maximum absolute atomic E-state index is 11.2. The van der Waals surface area contributed by atoms with Gasteiger partial charge in [0, 0.05) is 6.92 Å². The Balaban J connectivity index is 1.62. The number of carbonyl (C=O) groups is 1. The van der Waals surface area contributed by atoms with Crippen molar-refractivity contribution in [2.24, 2.45) is 0 Å². The van der Waals surface area contributed by atoms with Gasteiger partial charge in [0.25, 0.3) is 0 Å². The zero-order valence-electron chi connectivity index (χ0n) is 19.7. The van der Waals surface area contributed by atoms with Crippen molar-refractivity contribution in [3.63, 3.8) is 0 Å². The first-order valence-electron chi connectivity index (χ1n) is 11.6. The largest absolute Gasteiger partial charge is 0.394 e. The molecule has 17 nitrogen and oxygen atoms in total. The van der Waals surface area contributed by atoms with Crippen LogP contribution in [0.1, 0.15) is 6.92 Å². The molecule has 11 N–H and O–H groups in total. The number of carbonyl (C=O) groups excluding carboxylic acids is 1. The van der Waals surface area contributed by atoms with Crippen LogP contribution in [0.3, 0.4) is 0 Å². The lowest BCUT2D eigenvalue weighted by molar-refractivity contribution is -0.362. The van der Waals surface area contributed by atoms with Crippen molar-refractivity contribution >= 4 is 5.91 Å². The number of aliphatic hydroxyl groups excluding tert-OH is 10. The van der Waals surface area contributed by atoms with Crippen LogP contribution in [0.2, 0.25) is 0 Å². The molecule has 15 atom stereocenters. The Kier molecular flexibility index (Phi) is 10.5. The van der Waals surface area contributed by atoms with Crippen molar-refractivity contribution in [3.05, 3.63) is 0 Å². The van der Waals surface area contributed by atoms with E-state index in [1.54, 1.807) is 0 Å². The molecule has 37 heavy (non-hydrogen) atoms. The summed E-state index contributed by atoms with van der Waals surface area (Å²) < 4.78 is 26.6. The van der Waals surface area contributed by atoms with E-state index in [0.717, 1.165) is 6.92 Å². The molecule has 0 aromatic heterocycles. The molecule has 0 saturated carbocycles. The van der Waals surface area contributed by atoms with Gasteiger partial charge in [-0.25, -0.2) is 0 Å². The first-order valence-corrected chi connectivity index (χ1v) is 11.6. The molecular weight excluding hydrogens is 510 g/mol. The number of aliphatic hydroxyl groups is 10. The molecule has 3 saturated heterocycles. The Morgan fingerprint density at radius 2 is 1.27 bits per heavy atom. The molecule has 3 rings (SSSR count). The second kappa shape index (κ2) is 12.8. The van der Waals surface area contributed by atoms with Gasteiger partial charge < -0.3 is 80.1 Å². The van der Waals surface area contributed by atoms with E-state index >= 15 is 0 Å². The van der Waals surface area contributed by atoms with Crippen molar-refractivity contribution in [1.29, 1.82) is 0 Å². The highest BCUT2D eigenvalue weighted by atomic mass is 16.7. The fourth-order valence-electron chi connectivity index (χ4n) is 4.36. The van der Waals surface area contributed by atoms with E-state index < -0.39 is 118 Å². The number of ether oxygens (including phenoxy) is 5. The van der Waals surface area contributed by atoms with Crippen molar-refractivity contribution < 1.29 is 79.5 Å². The zero-order chi connectivity index (χ0) is 27.6. The third-order valence-electron chi connectivity index (χ3n) is 6.48. The molecule has 0 spiro atoms. The monoisotopic (exact) mass is 545 g/mol. The van der Waals surface area contributed by atoms with E-state index in [0.29, 0.717) is 0 Å². The molecule has 216 valence electrons. The minimum atomic E-state index is -1.83. The Morgan fingerprint density at radius 1 is 0.703 bits per heavy atom. The Labute approximate surface area is 210 Å². The molecule has 3 heterocycles. The maximum atomic E-state index is 11.2. The summed E-state index contributed by atoms with van der Waals surface area (Å²) in [6, 6.07) is -1.32. The van der Waals surface area contributed by atoms with Gasteiger partial charge in [-0.1, -0.05) is 0 Å². The van der Waals surface area contributed by atoms with Gasteiger partial charge in [0.2, 0.25) is 5.91 Å². The number of hydrogen-bond donors (Lipinski definition) is 11. The molecular formula is C20H35NO16. The Bertz CT molecular complexity index is 743. The van der Waals surface area contributed by atoms with Gasteiger partial charge in [0.1, 0.15) is 73.2 Å². The SMILES string of the molecule is CC(=O)N[C@@H]1[C@@H](O)[C@@H](O)[C@@H](CO[C@@H]2O[C@H](CO)[C@@H](O[C@@H]3O[C@H](CO)[C@H](O)[C@H](O)[C@H]3O)[C@H](O)[C@H]2O)O[C@@H]1O. The van der Waals surface area contributed by atoms with E-state index in [9.17, 15) is 55.9 Å². The second-order valence-electron chi connectivity index (χ2n) is 9.11. The van der Waals surface area contributed by atoms with Crippen LogP contribution in [0, 0.1) is 0 Å². The van der Waals surface area contributed by atoms with Crippen LogP contribution < -0.4 is 5.32 Å². The highest BCUT2D eigenvalue weighted by Gasteiger charge is 2.51. The summed E-state index contributed by atoms with van der Waals surface area (Å²) in [4.78, 5) is 11.2.